The van der Waals surface area contributed by atoms with Crippen LogP contribution in [-0.2, 0) is 4.79 Å². The van der Waals surface area contributed by atoms with Crippen molar-refractivity contribution in [3.63, 3.8) is 0 Å². The first-order chi connectivity index (χ1) is 16.1. The van der Waals surface area contributed by atoms with Crippen molar-refractivity contribution in [1.29, 1.82) is 0 Å². The van der Waals surface area contributed by atoms with E-state index in [4.69, 9.17) is 0 Å². The maximum absolute atomic E-state index is 13.5. The topological polar surface area (TPSA) is 71.2 Å². The van der Waals surface area contributed by atoms with E-state index in [9.17, 15) is 14.3 Å². The Morgan fingerprint density at radius 3 is 2.45 bits per heavy atom. The number of hydrogen-bond acceptors (Lipinski definition) is 4. The second-order valence-electron chi connectivity index (χ2n) is 9.21. The molecule has 1 aliphatic carbocycles. The molecule has 1 saturated carbocycles. The van der Waals surface area contributed by atoms with Gasteiger partial charge in [0.15, 0.2) is 0 Å². The molecular weight excluding hydrogens is 419 g/mol. The van der Waals surface area contributed by atoms with Crippen molar-refractivity contribution in [2.45, 2.75) is 56.7 Å². The van der Waals surface area contributed by atoms with Crippen LogP contribution in [0.4, 0.5) is 4.39 Å². The van der Waals surface area contributed by atoms with Crippen molar-refractivity contribution in [2.24, 2.45) is 5.92 Å². The average Bonchev–Trinajstić information content (AvgIpc) is 3.35. The number of likely N-dealkylation sites (tertiary alicyclic amines) is 1. The molecule has 1 N–H and O–H groups in total. The maximum atomic E-state index is 13.5. The molecular formula is C26H29FN4O2. The Kier molecular flexibility index (Phi) is 6.22. The number of β-amino-alcohol motifs (C(OH)–C–C–N with tert-alkyl or cyclic N) is 1. The maximum Gasteiger partial charge on any atom is 0.226 e. The molecule has 0 bridgehead atoms. The number of halogens is 1. The van der Waals surface area contributed by atoms with Crippen molar-refractivity contribution in [3.05, 3.63) is 72.2 Å². The van der Waals surface area contributed by atoms with Gasteiger partial charge in [0.2, 0.25) is 5.91 Å². The molecule has 1 amide bonds. The van der Waals surface area contributed by atoms with Crippen LogP contribution in [0.3, 0.4) is 0 Å². The molecule has 0 spiro atoms. The zero-order chi connectivity index (χ0) is 22.8. The van der Waals surface area contributed by atoms with E-state index in [2.05, 4.69) is 10.3 Å². The summed E-state index contributed by atoms with van der Waals surface area (Å²) in [5.74, 6) is -0.0981. The summed E-state index contributed by atoms with van der Waals surface area (Å²) < 4.78 is 15.0. The summed E-state index contributed by atoms with van der Waals surface area (Å²) in [4.78, 5) is 15.4. The third kappa shape index (κ3) is 4.55. The van der Waals surface area contributed by atoms with Crippen LogP contribution in [-0.4, -0.2) is 43.6 Å². The van der Waals surface area contributed by atoms with Crippen LogP contribution in [0.25, 0.3) is 11.3 Å². The van der Waals surface area contributed by atoms with Gasteiger partial charge in [-0.25, -0.2) is 9.07 Å². The quantitative estimate of drug-likeness (QED) is 0.636. The van der Waals surface area contributed by atoms with Gasteiger partial charge in [0, 0.05) is 18.0 Å². The smallest absolute Gasteiger partial charge is 0.226 e. The van der Waals surface area contributed by atoms with Gasteiger partial charge in [-0.15, -0.1) is 5.10 Å². The molecule has 2 aromatic carbocycles. The zero-order valence-electron chi connectivity index (χ0n) is 18.6. The number of benzene rings is 2. The second-order valence-corrected chi connectivity index (χ2v) is 9.21. The SMILES string of the molecule is O=C(C1CCCCC1)N1C[C@@H](O)[C@@H](n2cc(-c3ccc(F)cc3)nn2)C[C@@H]1c1ccccc1. The number of aliphatic hydroxyl groups is 1. The fourth-order valence-electron chi connectivity index (χ4n) is 5.26. The molecule has 1 aromatic heterocycles. The van der Waals surface area contributed by atoms with Gasteiger partial charge in [-0.05, 0) is 49.1 Å². The fraction of sp³-hybridized carbons (Fsp3) is 0.423. The summed E-state index contributed by atoms with van der Waals surface area (Å²) in [6.45, 7) is 0.269. The van der Waals surface area contributed by atoms with Gasteiger partial charge in [0.1, 0.15) is 11.5 Å². The van der Waals surface area contributed by atoms with Gasteiger partial charge in [0.25, 0.3) is 0 Å². The number of amides is 1. The van der Waals surface area contributed by atoms with E-state index in [-0.39, 0.29) is 36.3 Å². The van der Waals surface area contributed by atoms with E-state index in [0.717, 1.165) is 36.8 Å². The molecule has 7 heteroatoms. The lowest BCUT2D eigenvalue weighted by Crippen LogP contribution is -2.51. The van der Waals surface area contributed by atoms with Gasteiger partial charge in [-0.1, -0.05) is 54.8 Å². The predicted molar refractivity (Wildman–Crippen MR) is 123 cm³/mol. The van der Waals surface area contributed by atoms with Crippen LogP contribution < -0.4 is 0 Å². The normalized spacial score (nSPS) is 24.1. The number of rotatable bonds is 4. The van der Waals surface area contributed by atoms with Crippen molar-refractivity contribution in [2.75, 3.05) is 6.54 Å². The number of hydrogen-bond donors (Lipinski definition) is 1. The van der Waals surface area contributed by atoms with E-state index < -0.39 is 6.10 Å². The lowest BCUT2D eigenvalue weighted by molar-refractivity contribution is -0.145. The minimum Gasteiger partial charge on any atom is -0.389 e. The Labute approximate surface area is 193 Å². The second kappa shape index (κ2) is 9.43. The van der Waals surface area contributed by atoms with Gasteiger partial charge < -0.3 is 10.0 Å². The van der Waals surface area contributed by atoms with E-state index in [1.165, 1.54) is 18.6 Å². The minimum absolute atomic E-state index is 0.0464. The summed E-state index contributed by atoms with van der Waals surface area (Å²) in [6, 6.07) is 15.7. The van der Waals surface area contributed by atoms with Crippen LogP contribution in [0, 0.1) is 11.7 Å². The highest BCUT2D eigenvalue weighted by molar-refractivity contribution is 5.79. The Morgan fingerprint density at radius 1 is 1.00 bits per heavy atom. The standard InChI is InChI=1S/C26H29FN4O2/c27-21-13-11-18(12-14-21)22-16-31(29-28-22)24-15-23(19-7-3-1-4-8-19)30(17-25(24)32)26(33)20-9-5-2-6-10-20/h1,3-4,7-8,11-14,16,20,23-25,32H,2,5-6,9-10,15,17H2/t23-,24+,25-/m1/s1. The van der Waals surface area contributed by atoms with Crippen LogP contribution in [0.1, 0.15) is 56.2 Å². The number of carbonyl (C=O) groups excluding carboxylic acids is 1. The van der Waals surface area contributed by atoms with Gasteiger partial charge in [0.05, 0.1) is 24.4 Å². The lowest BCUT2D eigenvalue weighted by Gasteiger charge is -2.44. The number of piperidine rings is 1. The molecule has 3 atom stereocenters. The highest BCUT2D eigenvalue weighted by Crippen LogP contribution is 2.39. The Balaban J connectivity index is 1.42. The molecule has 2 aliphatic rings. The highest BCUT2D eigenvalue weighted by Gasteiger charge is 2.41. The highest BCUT2D eigenvalue weighted by atomic mass is 19.1. The third-order valence-electron chi connectivity index (χ3n) is 7.08. The van der Waals surface area contributed by atoms with Crippen molar-refractivity contribution in [1.82, 2.24) is 19.9 Å². The Hall–Kier alpha value is -3.06. The minimum atomic E-state index is -0.750. The third-order valence-corrected chi connectivity index (χ3v) is 7.08. The van der Waals surface area contributed by atoms with E-state index in [1.54, 1.807) is 23.0 Å². The largest absolute Gasteiger partial charge is 0.389 e. The van der Waals surface area contributed by atoms with Crippen LogP contribution in [0.5, 0.6) is 0 Å². The Morgan fingerprint density at radius 2 is 1.73 bits per heavy atom. The van der Waals surface area contributed by atoms with Crippen LogP contribution in [0.2, 0.25) is 0 Å². The van der Waals surface area contributed by atoms with E-state index >= 15 is 0 Å². The van der Waals surface area contributed by atoms with Crippen LogP contribution >= 0.6 is 0 Å². The molecule has 1 aliphatic heterocycles. The van der Waals surface area contributed by atoms with Gasteiger partial charge >= 0.3 is 0 Å². The van der Waals surface area contributed by atoms with Crippen molar-refractivity contribution < 1.29 is 14.3 Å². The molecule has 172 valence electrons. The Bertz CT molecular complexity index is 1080. The molecule has 0 radical (unpaired) electrons. The predicted octanol–water partition coefficient (Wildman–Crippen LogP) is 4.54. The first kappa shape index (κ1) is 21.8. The van der Waals surface area contributed by atoms with Gasteiger partial charge in [-0.3, -0.25) is 4.79 Å². The molecule has 33 heavy (non-hydrogen) atoms. The first-order valence-corrected chi connectivity index (χ1v) is 11.8. The molecule has 5 rings (SSSR count). The van der Waals surface area contributed by atoms with Gasteiger partial charge in [-0.2, -0.15) is 0 Å². The molecule has 1 saturated heterocycles. The number of aromatic nitrogens is 3. The molecule has 3 aromatic rings. The number of nitrogens with zero attached hydrogens (tertiary/aromatic N) is 4. The fourth-order valence-corrected chi connectivity index (χ4v) is 5.26. The van der Waals surface area contributed by atoms with Crippen molar-refractivity contribution >= 4 is 5.91 Å². The summed E-state index contributed by atoms with van der Waals surface area (Å²) in [5, 5.41) is 19.6. The van der Waals surface area contributed by atoms with Crippen molar-refractivity contribution in [3.8, 4) is 11.3 Å². The van der Waals surface area contributed by atoms with E-state index in [1.807, 2.05) is 35.2 Å². The van der Waals surface area contributed by atoms with E-state index in [0.29, 0.717) is 12.1 Å². The number of aliphatic hydroxyl groups excluding tert-OH is 1. The average molecular weight is 449 g/mol. The monoisotopic (exact) mass is 448 g/mol. The first-order valence-electron chi connectivity index (χ1n) is 11.8. The summed E-state index contributed by atoms with van der Waals surface area (Å²) in [6.07, 6.45) is 6.84. The number of carbonyl (C=O) groups is 1. The zero-order valence-corrected chi connectivity index (χ0v) is 18.6. The molecule has 6 nitrogen and oxygen atoms in total. The molecule has 2 fully saturated rings. The van der Waals surface area contributed by atoms with Crippen LogP contribution in [0.15, 0.2) is 60.8 Å². The molecule has 0 unspecified atom stereocenters. The summed E-state index contributed by atoms with van der Waals surface area (Å²) in [7, 11) is 0. The summed E-state index contributed by atoms with van der Waals surface area (Å²) >= 11 is 0. The molecule has 2 heterocycles. The lowest BCUT2D eigenvalue weighted by atomic mass is 9.85. The summed E-state index contributed by atoms with van der Waals surface area (Å²) in [5.41, 5.74) is 2.46.